The molecule has 2 rings (SSSR count). The van der Waals surface area contributed by atoms with Gasteiger partial charge in [-0.15, -0.1) is 0 Å². The SMILES string of the molecule is CCCCCOc1ccc(/C=N\n2c(CC)n[nH]c2=S)cc1OCC. The van der Waals surface area contributed by atoms with Crippen molar-refractivity contribution in [3.8, 4) is 11.5 Å². The van der Waals surface area contributed by atoms with Crippen molar-refractivity contribution in [2.45, 2.75) is 46.5 Å². The molecular weight excluding hydrogens is 336 g/mol. The van der Waals surface area contributed by atoms with Crippen LogP contribution in [0.25, 0.3) is 0 Å². The van der Waals surface area contributed by atoms with Crippen molar-refractivity contribution in [1.82, 2.24) is 14.9 Å². The Balaban J connectivity index is 2.15. The summed E-state index contributed by atoms with van der Waals surface area (Å²) in [6, 6.07) is 5.81. The molecule has 0 aliphatic heterocycles. The molecule has 0 fully saturated rings. The summed E-state index contributed by atoms with van der Waals surface area (Å²) in [5.41, 5.74) is 0.912. The highest BCUT2D eigenvalue weighted by Gasteiger charge is 2.07. The van der Waals surface area contributed by atoms with E-state index in [0.29, 0.717) is 18.0 Å². The molecule has 0 atom stereocenters. The van der Waals surface area contributed by atoms with Crippen molar-refractivity contribution >= 4 is 18.4 Å². The van der Waals surface area contributed by atoms with Crippen LogP contribution in [0.4, 0.5) is 0 Å². The summed E-state index contributed by atoms with van der Waals surface area (Å²) in [7, 11) is 0. The lowest BCUT2D eigenvalue weighted by Gasteiger charge is -2.12. The standard InChI is InChI=1S/C18H26N4O2S/c1-4-7-8-11-24-15-10-9-14(12-16(15)23-6-3)13-19-22-17(5-2)20-21-18(22)25/h9-10,12-13H,4-8,11H2,1-3H3,(H,21,25)/b19-13-. The number of nitrogens with zero attached hydrogens (tertiary/aromatic N) is 3. The second kappa shape index (κ2) is 9.98. The number of rotatable bonds is 10. The minimum Gasteiger partial charge on any atom is -0.490 e. The number of H-pyrrole nitrogens is 1. The topological polar surface area (TPSA) is 64.4 Å². The fourth-order valence-electron chi connectivity index (χ4n) is 2.32. The van der Waals surface area contributed by atoms with Crippen LogP contribution in [0.5, 0.6) is 11.5 Å². The summed E-state index contributed by atoms with van der Waals surface area (Å²) in [4.78, 5) is 0. The van der Waals surface area contributed by atoms with E-state index in [9.17, 15) is 0 Å². The van der Waals surface area contributed by atoms with E-state index >= 15 is 0 Å². The molecule has 6 nitrogen and oxygen atoms in total. The molecule has 1 aromatic carbocycles. The molecule has 0 aliphatic carbocycles. The van der Waals surface area contributed by atoms with Gasteiger partial charge >= 0.3 is 0 Å². The van der Waals surface area contributed by atoms with Crippen LogP contribution in [0.2, 0.25) is 0 Å². The van der Waals surface area contributed by atoms with E-state index in [1.165, 1.54) is 12.8 Å². The Kier molecular flexibility index (Phi) is 7.66. The van der Waals surface area contributed by atoms with Gasteiger partial charge < -0.3 is 9.47 Å². The van der Waals surface area contributed by atoms with Gasteiger partial charge in [0, 0.05) is 6.42 Å². The highest BCUT2D eigenvalue weighted by molar-refractivity contribution is 7.71. The number of nitrogens with one attached hydrogen (secondary N) is 1. The van der Waals surface area contributed by atoms with Crippen LogP contribution < -0.4 is 9.47 Å². The Morgan fingerprint density at radius 1 is 1.20 bits per heavy atom. The van der Waals surface area contributed by atoms with Gasteiger partial charge in [-0.2, -0.15) is 14.9 Å². The molecule has 0 saturated heterocycles. The summed E-state index contributed by atoms with van der Waals surface area (Å²) in [5.74, 6) is 2.29. The Hall–Kier alpha value is -2.15. The fourth-order valence-corrected chi connectivity index (χ4v) is 2.52. The molecule has 1 N–H and O–H groups in total. The van der Waals surface area contributed by atoms with Crippen molar-refractivity contribution in [1.29, 1.82) is 0 Å². The third-order valence-electron chi connectivity index (χ3n) is 3.63. The molecular formula is C18H26N4O2S. The Labute approximate surface area is 153 Å². The zero-order chi connectivity index (χ0) is 18.1. The quantitative estimate of drug-likeness (QED) is 0.388. The first kappa shape index (κ1) is 19.2. The maximum absolute atomic E-state index is 5.85. The number of hydrogen-bond acceptors (Lipinski definition) is 5. The number of ether oxygens (including phenoxy) is 2. The molecule has 0 amide bonds. The van der Waals surface area contributed by atoms with Crippen LogP contribution >= 0.6 is 12.2 Å². The minimum absolute atomic E-state index is 0.481. The summed E-state index contributed by atoms with van der Waals surface area (Å²) in [6.45, 7) is 7.43. The average Bonchev–Trinajstić information content (AvgIpc) is 2.98. The first-order valence-corrected chi connectivity index (χ1v) is 9.20. The number of hydrogen-bond donors (Lipinski definition) is 1. The maximum Gasteiger partial charge on any atom is 0.216 e. The molecule has 136 valence electrons. The van der Waals surface area contributed by atoms with Gasteiger partial charge in [0.2, 0.25) is 4.77 Å². The smallest absolute Gasteiger partial charge is 0.216 e. The van der Waals surface area contributed by atoms with Crippen molar-refractivity contribution in [3.05, 3.63) is 34.4 Å². The number of aromatic amines is 1. The molecule has 2 aromatic rings. The predicted molar refractivity (Wildman–Crippen MR) is 102 cm³/mol. The summed E-state index contributed by atoms with van der Waals surface area (Å²) >= 11 is 5.20. The first-order valence-electron chi connectivity index (χ1n) is 8.79. The maximum atomic E-state index is 5.85. The van der Waals surface area contributed by atoms with E-state index in [1.807, 2.05) is 32.0 Å². The molecule has 7 heteroatoms. The lowest BCUT2D eigenvalue weighted by atomic mass is 10.2. The highest BCUT2D eigenvalue weighted by atomic mass is 32.1. The second-order valence-electron chi connectivity index (χ2n) is 5.55. The van der Waals surface area contributed by atoms with Crippen molar-refractivity contribution in [2.24, 2.45) is 5.10 Å². The van der Waals surface area contributed by atoms with E-state index in [2.05, 4.69) is 22.2 Å². The monoisotopic (exact) mass is 362 g/mol. The van der Waals surface area contributed by atoms with E-state index in [1.54, 1.807) is 10.9 Å². The van der Waals surface area contributed by atoms with E-state index in [4.69, 9.17) is 21.7 Å². The third-order valence-corrected chi connectivity index (χ3v) is 3.89. The van der Waals surface area contributed by atoms with Gasteiger partial charge in [-0.05, 0) is 49.3 Å². The van der Waals surface area contributed by atoms with Crippen molar-refractivity contribution in [3.63, 3.8) is 0 Å². The summed E-state index contributed by atoms with van der Waals surface area (Å²) < 4.78 is 13.7. The Morgan fingerprint density at radius 3 is 2.76 bits per heavy atom. The van der Waals surface area contributed by atoms with Crippen molar-refractivity contribution in [2.75, 3.05) is 13.2 Å². The van der Waals surface area contributed by atoms with Gasteiger partial charge in [0.05, 0.1) is 19.4 Å². The van der Waals surface area contributed by atoms with Crippen LogP contribution in [0.1, 0.15) is 51.4 Å². The highest BCUT2D eigenvalue weighted by Crippen LogP contribution is 2.28. The third kappa shape index (κ3) is 5.42. The Bertz CT molecular complexity index is 752. The van der Waals surface area contributed by atoms with Crippen LogP contribution in [0, 0.1) is 4.77 Å². The molecule has 0 bridgehead atoms. The van der Waals surface area contributed by atoms with Gasteiger partial charge in [0.15, 0.2) is 17.3 Å². The zero-order valence-electron chi connectivity index (χ0n) is 15.1. The largest absolute Gasteiger partial charge is 0.490 e. The number of benzene rings is 1. The molecule has 0 aliphatic rings. The molecule has 25 heavy (non-hydrogen) atoms. The number of aryl methyl sites for hydroxylation is 1. The van der Waals surface area contributed by atoms with E-state index in [0.717, 1.165) is 35.7 Å². The molecule has 0 saturated carbocycles. The van der Waals surface area contributed by atoms with Crippen molar-refractivity contribution < 1.29 is 9.47 Å². The fraction of sp³-hybridized carbons (Fsp3) is 0.500. The predicted octanol–water partition coefficient (Wildman–Crippen LogP) is 4.35. The Morgan fingerprint density at radius 2 is 2.04 bits per heavy atom. The van der Waals surface area contributed by atoms with Gasteiger partial charge in [-0.3, -0.25) is 5.10 Å². The lowest BCUT2D eigenvalue weighted by Crippen LogP contribution is -2.02. The van der Waals surface area contributed by atoms with Crippen LogP contribution in [-0.2, 0) is 6.42 Å². The van der Waals surface area contributed by atoms with Gasteiger partial charge in [0.25, 0.3) is 0 Å². The zero-order valence-corrected chi connectivity index (χ0v) is 15.9. The van der Waals surface area contributed by atoms with Gasteiger partial charge in [-0.25, -0.2) is 0 Å². The normalized spacial score (nSPS) is 11.2. The van der Waals surface area contributed by atoms with Crippen LogP contribution in [0.15, 0.2) is 23.3 Å². The number of aromatic nitrogens is 3. The second-order valence-corrected chi connectivity index (χ2v) is 5.94. The van der Waals surface area contributed by atoms with E-state index < -0.39 is 0 Å². The molecule has 1 aromatic heterocycles. The average molecular weight is 362 g/mol. The van der Waals surface area contributed by atoms with Crippen LogP contribution in [0.3, 0.4) is 0 Å². The first-order chi connectivity index (χ1) is 12.2. The molecule has 1 heterocycles. The summed E-state index contributed by atoms with van der Waals surface area (Å²) in [6.07, 6.45) is 5.88. The van der Waals surface area contributed by atoms with Gasteiger partial charge in [-0.1, -0.05) is 26.7 Å². The molecule has 0 spiro atoms. The molecule has 0 radical (unpaired) electrons. The summed E-state index contributed by atoms with van der Waals surface area (Å²) in [5, 5.41) is 11.3. The van der Waals surface area contributed by atoms with Gasteiger partial charge in [0.1, 0.15) is 0 Å². The lowest BCUT2D eigenvalue weighted by molar-refractivity contribution is 0.271. The number of unbranched alkanes of at least 4 members (excludes halogenated alkanes) is 2. The van der Waals surface area contributed by atoms with E-state index in [-0.39, 0.29) is 0 Å². The van der Waals surface area contributed by atoms with Crippen LogP contribution in [-0.4, -0.2) is 34.3 Å². The minimum atomic E-state index is 0.481. The molecule has 0 unspecified atom stereocenters.